The van der Waals surface area contributed by atoms with Crippen molar-refractivity contribution in [3.63, 3.8) is 0 Å². The molecule has 1 N–H and O–H groups in total. The van der Waals surface area contributed by atoms with Gasteiger partial charge in [-0.3, -0.25) is 4.79 Å². The number of hydrogen-bond acceptors (Lipinski definition) is 2. The smallest absolute Gasteiger partial charge is 0.247 e. The number of nitrogens with zero attached hydrogens (tertiary/aromatic N) is 1. The lowest BCUT2D eigenvalue weighted by Gasteiger charge is -2.15. The van der Waals surface area contributed by atoms with E-state index in [4.69, 9.17) is 4.74 Å². The number of carbonyl (C=O) groups is 1. The molecule has 0 aliphatic carbocycles. The zero-order chi connectivity index (χ0) is 16.4. The average molecular weight is 308 g/mol. The first-order chi connectivity index (χ1) is 11.1. The molecule has 23 heavy (non-hydrogen) atoms. The Balaban J connectivity index is 1.83. The fourth-order valence-electron chi connectivity index (χ4n) is 2.62. The van der Waals surface area contributed by atoms with Gasteiger partial charge in [0.1, 0.15) is 11.8 Å². The molecule has 3 rings (SSSR count). The number of amides is 1. The van der Waals surface area contributed by atoms with Crippen LogP contribution in [0, 0.1) is 6.92 Å². The van der Waals surface area contributed by atoms with Crippen molar-refractivity contribution in [3.05, 3.63) is 60.3 Å². The van der Waals surface area contributed by atoms with Crippen LogP contribution in [0.3, 0.4) is 0 Å². The van der Waals surface area contributed by atoms with Gasteiger partial charge < -0.3 is 14.6 Å². The van der Waals surface area contributed by atoms with Crippen LogP contribution < -0.4 is 10.1 Å². The molecule has 0 saturated carbocycles. The van der Waals surface area contributed by atoms with Crippen LogP contribution in [0.25, 0.3) is 10.9 Å². The lowest BCUT2D eigenvalue weighted by Crippen LogP contribution is -2.23. The van der Waals surface area contributed by atoms with Gasteiger partial charge in [0.25, 0.3) is 0 Å². The molecule has 0 bridgehead atoms. The Hall–Kier alpha value is -2.75. The van der Waals surface area contributed by atoms with Gasteiger partial charge in [-0.2, -0.15) is 0 Å². The zero-order valence-electron chi connectivity index (χ0n) is 13.5. The van der Waals surface area contributed by atoms with Gasteiger partial charge in [0.15, 0.2) is 0 Å². The molecule has 3 aromatic rings. The minimum atomic E-state index is -0.304. The van der Waals surface area contributed by atoms with Crippen molar-refractivity contribution in [3.8, 4) is 5.75 Å². The first-order valence-electron chi connectivity index (χ1n) is 7.60. The highest BCUT2D eigenvalue weighted by Crippen LogP contribution is 2.25. The minimum absolute atomic E-state index is 0.0397. The molecule has 0 fully saturated rings. The highest BCUT2D eigenvalue weighted by atomic mass is 16.5. The lowest BCUT2D eigenvalue weighted by atomic mass is 10.2. The Morgan fingerprint density at radius 1 is 1.13 bits per heavy atom. The predicted molar refractivity (Wildman–Crippen MR) is 93.0 cm³/mol. The predicted octanol–water partition coefficient (Wildman–Crippen LogP) is 4.16. The third-order valence-corrected chi connectivity index (χ3v) is 4.04. The second-order valence-electron chi connectivity index (χ2n) is 5.68. The molecule has 1 aromatic heterocycles. The van der Waals surface area contributed by atoms with E-state index in [9.17, 15) is 4.79 Å². The molecule has 1 heterocycles. The summed E-state index contributed by atoms with van der Waals surface area (Å²) < 4.78 is 7.21. The van der Waals surface area contributed by atoms with Gasteiger partial charge in [0.2, 0.25) is 5.91 Å². The highest BCUT2D eigenvalue weighted by Gasteiger charge is 2.16. The van der Waals surface area contributed by atoms with Crippen LogP contribution in [0.2, 0.25) is 0 Å². The Labute approximate surface area is 135 Å². The summed E-state index contributed by atoms with van der Waals surface area (Å²) in [6.07, 6.45) is 1.93. The van der Waals surface area contributed by atoms with E-state index in [-0.39, 0.29) is 11.9 Å². The topological polar surface area (TPSA) is 43.3 Å². The van der Waals surface area contributed by atoms with Gasteiger partial charge in [-0.25, -0.2) is 0 Å². The molecule has 0 saturated heterocycles. The van der Waals surface area contributed by atoms with Crippen LogP contribution in [0.1, 0.15) is 18.5 Å². The van der Waals surface area contributed by atoms with E-state index in [0.717, 1.165) is 22.3 Å². The van der Waals surface area contributed by atoms with E-state index in [1.54, 1.807) is 7.11 Å². The standard InChI is InChI=1S/C19H20N2O2/c1-13-4-6-16(7-5-13)20-19(22)14(2)21-11-10-15-12-17(23-3)8-9-18(15)21/h4-12,14H,1-3H3,(H,20,22). The summed E-state index contributed by atoms with van der Waals surface area (Å²) >= 11 is 0. The number of ether oxygens (including phenoxy) is 1. The minimum Gasteiger partial charge on any atom is -0.497 e. The SMILES string of the molecule is COc1ccc2c(ccn2C(C)C(=O)Nc2ccc(C)cc2)c1. The fourth-order valence-corrected chi connectivity index (χ4v) is 2.62. The van der Waals surface area contributed by atoms with E-state index in [0.29, 0.717) is 0 Å². The molecular weight excluding hydrogens is 288 g/mol. The third kappa shape index (κ3) is 3.06. The largest absolute Gasteiger partial charge is 0.497 e. The van der Waals surface area contributed by atoms with Crippen molar-refractivity contribution < 1.29 is 9.53 Å². The molecule has 0 spiro atoms. The van der Waals surface area contributed by atoms with Gasteiger partial charge in [-0.1, -0.05) is 17.7 Å². The van der Waals surface area contributed by atoms with Gasteiger partial charge in [-0.05, 0) is 50.2 Å². The first kappa shape index (κ1) is 15.2. The summed E-state index contributed by atoms with van der Waals surface area (Å²) in [6, 6.07) is 15.3. The third-order valence-electron chi connectivity index (χ3n) is 4.04. The Morgan fingerprint density at radius 3 is 2.57 bits per heavy atom. The van der Waals surface area contributed by atoms with E-state index in [1.165, 1.54) is 5.56 Å². The number of rotatable bonds is 4. The molecular formula is C19H20N2O2. The number of aromatic nitrogens is 1. The molecule has 0 aliphatic heterocycles. The maximum Gasteiger partial charge on any atom is 0.247 e. The Kier molecular flexibility index (Phi) is 4.06. The molecule has 2 aromatic carbocycles. The number of methoxy groups -OCH3 is 1. The summed E-state index contributed by atoms with van der Waals surface area (Å²) in [5.74, 6) is 0.772. The number of hydrogen-bond donors (Lipinski definition) is 1. The quantitative estimate of drug-likeness (QED) is 0.786. The lowest BCUT2D eigenvalue weighted by molar-refractivity contribution is -0.118. The Bertz CT molecular complexity index is 834. The maximum atomic E-state index is 12.5. The van der Waals surface area contributed by atoms with Crippen molar-refractivity contribution in [2.45, 2.75) is 19.9 Å². The first-order valence-corrected chi connectivity index (χ1v) is 7.60. The van der Waals surface area contributed by atoms with E-state index >= 15 is 0 Å². The number of benzene rings is 2. The molecule has 118 valence electrons. The maximum absolute atomic E-state index is 12.5. The summed E-state index contributed by atoms with van der Waals surface area (Å²) in [5, 5.41) is 4.01. The van der Waals surface area contributed by atoms with Crippen molar-refractivity contribution in [2.24, 2.45) is 0 Å². The van der Waals surface area contributed by atoms with Crippen LogP contribution in [0.4, 0.5) is 5.69 Å². The molecule has 0 radical (unpaired) electrons. The fraction of sp³-hybridized carbons (Fsp3) is 0.211. The molecule has 4 heteroatoms. The normalized spacial score (nSPS) is 12.1. The van der Waals surface area contributed by atoms with Crippen molar-refractivity contribution in [1.82, 2.24) is 4.57 Å². The van der Waals surface area contributed by atoms with Gasteiger partial charge in [-0.15, -0.1) is 0 Å². The summed E-state index contributed by atoms with van der Waals surface area (Å²) in [5.41, 5.74) is 2.99. The summed E-state index contributed by atoms with van der Waals surface area (Å²) in [4.78, 5) is 12.5. The Morgan fingerprint density at radius 2 is 1.87 bits per heavy atom. The van der Waals surface area contributed by atoms with Crippen molar-refractivity contribution in [1.29, 1.82) is 0 Å². The van der Waals surface area contributed by atoms with Crippen LogP contribution in [0.15, 0.2) is 54.7 Å². The monoisotopic (exact) mass is 308 g/mol. The van der Waals surface area contributed by atoms with E-state index < -0.39 is 0 Å². The second kappa shape index (κ2) is 6.16. The van der Waals surface area contributed by atoms with E-state index in [1.807, 2.05) is 73.1 Å². The zero-order valence-corrected chi connectivity index (χ0v) is 13.5. The number of carbonyl (C=O) groups excluding carboxylic acids is 1. The van der Waals surface area contributed by atoms with Gasteiger partial charge >= 0.3 is 0 Å². The average Bonchev–Trinajstić information content (AvgIpc) is 2.99. The van der Waals surface area contributed by atoms with Crippen molar-refractivity contribution >= 4 is 22.5 Å². The number of anilines is 1. The van der Waals surface area contributed by atoms with Crippen LogP contribution in [-0.4, -0.2) is 17.6 Å². The molecule has 1 atom stereocenters. The number of aryl methyl sites for hydroxylation is 1. The highest BCUT2D eigenvalue weighted by molar-refractivity contribution is 5.95. The summed E-state index contributed by atoms with van der Waals surface area (Å²) in [6.45, 7) is 3.92. The molecule has 0 aliphatic rings. The molecule has 4 nitrogen and oxygen atoms in total. The number of fused-ring (bicyclic) bond motifs is 1. The molecule has 1 amide bonds. The number of nitrogens with one attached hydrogen (secondary N) is 1. The second-order valence-corrected chi connectivity index (χ2v) is 5.68. The summed E-state index contributed by atoms with van der Waals surface area (Å²) in [7, 11) is 1.65. The van der Waals surface area contributed by atoms with Gasteiger partial charge in [0.05, 0.1) is 7.11 Å². The van der Waals surface area contributed by atoms with Crippen molar-refractivity contribution in [2.75, 3.05) is 12.4 Å². The molecule has 1 unspecified atom stereocenters. The van der Waals surface area contributed by atoms with Crippen LogP contribution >= 0.6 is 0 Å². The van der Waals surface area contributed by atoms with Crippen LogP contribution in [0.5, 0.6) is 5.75 Å². The van der Waals surface area contributed by atoms with E-state index in [2.05, 4.69) is 5.32 Å². The van der Waals surface area contributed by atoms with Gasteiger partial charge in [0, 0.05) is 22.8 Å². The van der Waals surface area contributed by atoms with Crippen LogP contribution in [-0.2, 0) is 4.79 Å².